The first-order valence-corrected chi connectivity index (χ1v) is 8.05. The smallest absolute Gasteiger partial charge is 0.0235 e. The Labute approximate surface area is 112 Å². The summed E-state index contributed by atoms with van der Waals surface area (Å²) in [4.78, 5) is 5.44. The lowest BCUT2D eigenvalue weighted by Crippen LogP contribution is -2.42. The van der Waals surface area contributed by atoms with Crippen molar-refractivity contribution in [3.63, 3.8) is 0 Å². The predicted octanol–water partition coefficient (Wildman–Crippen LogP) is 1.67. The van der Waals surface area contributed by atoms with Crippen molar-refractivity contribution in [2.24, 2.45) is 11.7 Å². The SMILES string of the molecule is NC1CCCC1CN1CCC(N2CCCCC2)C1. The summed E-state index contributed by atoms with van der Waals surface area (Å²) in [5.41, 5.74) is 6.20. The zero-order chi connectivity index (χ0) is 12.4. The van der Waals surface area contributed by atoms with Crippen LogP contribution < -0.4 is 5.73 Å². The van der Waals surface area contributed by atoms with Gasteiger partial charge in [-0.1, -0.05) is 12.8 Å². The summed E-state index contributed by atoms with van der Waals surface area (Å²) in [5.74, 6) is 0.783. The summed E-state index contributed by atoms with van der Waals surface area (Å²) in [6.45, 7) is 6.59. The molecule has 0 amide bonds. The average Bonchev–Trinajstić information content (AvgIpc) is 3.02. The number of likely N-dealkylation sites (tertiary alicyclic amines) is 2. The highest BCUT2D eigenvalue weighted by atomic mass is 15.3. The van der Waals surface area contributed by atoms with Crippen LogP contribution >= 0.6 is 0 Å². The molecule has 104 valence electrons. The Kier molecular flexibility index (Phi) is 4.22. The molecule has 2 heterocycles. The van der Waals surface area contributed by atoms with Gasteiger partial charge in [0.05, 0.1) is 0 Å². The van der Waals surface area contributed by atoms with Gasteiger partial charge in [-0.3, -0.25) is 4.90 Å². The standard InChI is InChI=1S/C15H29N3/c16-15-6-4-5-13(15)11-17-10-7-14(12-17)18-8-2-1-3-9-18/h13-15H,1-12,16H2. The highest BCUT2D eigenvalue weighted by molar-refractivity contribution is 4.89. The molecular formula is C15H29N3. The largest absolute Gasteiger partial charge is 0.327 e. The van der Waals surface area contributed by atoms with Crippen LogP contribution in [0.4, 0.5) is 0 Å². The fourth-order valence-corrected chi connectivity index (χ4v) is 4.18. The molecule has 0 radical (unpaired) electrons. The first-order valence-electron chi connectivity index (χ1n) is 8.05. The van der Waals surface area contributed by atoms with Gasteiger partial charge in [-0.25, -0.2) is 0 Å². The molecule has 0 aromatic rings. The van der Waals surface area contributed by atoms with E-state index in [4.69, 9.17) is 5.73 Å². The summed E-state index contributed by atoms with van der Waals surface area (Å²) in [6, 6.07) is 1.34. The minimum Gasteiger partial charge on any atom is -0.327 e. The van der Waals surface area contributed by atoms with Crippen LogP contribution in [0, 0.1) is 5.92 Å². The number of piperidine rings is 1. The maximum absolute atomic E-state index is 6.20. The summed E-state index contributed by atoms with van der Waals surface area (Å²) < 4.78 is 0. The third-order valence-electron chi connectivity index (χ3n) is 5.37. The van der Waals surface area contributed by atoms with Crippen LogP contribution in [0.1, 0.15) is 44.9 Å². The Bertz CT molecular complexity index is 262. The van der Waals surface area contributed by atoms with E-state index in [1.807, 2.05) is 0 Å². The molecule has 2 N–H and O–H groups in total. The van der Waals surface area contributed by atoms with Gasteiger partial charge in [0.25, 0.3) is 0 Å². The van der Waals surface area contributed by atoms with Gasteiger partial charge in [-0.15, -0.1) is 0 Å². The molecule has 3 atom stereocenters. The summed E-state index contributed by atoms with van der Waals surface area (Å²) in [5, 5.41) is 0. The minimum absolute atomic E-state index is 0.485. The fourth-order valence-electron chi connectivity index (χ4n) is 4.18. The molecule has 2 aliphatic heterocycles. The highest BCUT2D eigenvalue weighted by Crippen LogP contribution is 2.27. The molecule has 0 bridgehead atoms. The van der Waals surface area contributed by atoms with Crippen molar-refractivity contribution in [1.29, 1.82) is 0 Å². The molecule has 3 aliphatic rings. The lowest BCUT2D eigenvalue weighted by atomic mass is 10.0. The van der Waals surface area contributed by atoms with Crippen molar-refractivity contribution >= 4 is 0 Å². The van der Waals surface area contributed by atoms with Gasteiger partial charge in [0.15, 0.2) is 0 Å². The van der Waals surface area contributed by atoms with Gasteiger partial charge >= 0.3 is 0 Å². The van der Waals surface area contributed by atoms with E-state index in [1.54, 1.807) is 0 Å². The average molecular weight is 251 g/mol. The van der Waals surface area contributed by atoms with Crippen LogP contribution in [-0.2, 0) is 0 Å². The molecule has 3 heteroatoms. The molecule has 3 fully saturated rings. The molecule has 0 spiro atoms. The van der Waals surface area contributed by atoms with E-state index in [-0.39, 0.29) is 0 Å². The van der Waals surface area contributed by atoms with E-state index in [9.17, 15) is 0 Å². The van der Waals surface area contributed by atoms with Crippen molar-refractivity contribution in [2.45, 2.75) is 57.0 Å². The van der Waals surface area contributed by atoms with Gasteiger partial charge in [0.2, 0.25) is 0 Å². The Hall–Kier alpha value is -0.120. The third-order valence-corrected chi connectivity index (χ3v) is 5.37. The van der Waals surface area contributed by atoms with Crippen LogP contribution in [0.3, 0.4) is 0 Å². The zero-order valence-corrected chi connectivity index (χ0v) is 11.7. The van der Waals surface area contributed by atoms with Crippen LogP contribution in [0.2, 0.25) is 0 Å². The summed E-state index contributed by atoms with van der Waals surface area (Å²) in [6.07, 6.45) is 9.66. The number of nitrogens with zero attached hydrogens (tertiary/aromatic N) is 2. The second-order valence-electron chi connectivity index (χ2n) is 6.65. The van der Waals surface area contributed by atoms with Crippen LogP contribution in [0.5, 0.6) is 0 Å². The van der Waals surface area contributed by atoms with Gasteiger partial charge < -0.3 is 10.6 Å². The topological polar surface area (TPSA) is 32.5 Å². The van der Waals surface area contributed by atoms with E-state index in [2.05, 4.69) is 9.80 Å². The zero-order valence-electron chi connectivity index (χ0n) is 11.7. The third kappa shape index (κ3) is 2.89. The van der Waals surface area contributed by atoms with E-state index in [1.165, 1.54) is 77.7 Å². The molecule has 1 saturated carbocycles. The molecule has 3 nitrogen and oxygen atoms in total. The van der Waals surface area contributed by atoms with Crippen molar-refractivity contribution in [3.05, 3.63) is 0 Å². The first kappa shape index (κ1) is 12.9. The lowest BCUT2D eigenvalue weighted by molar-refractivity contribution is 0.158. The van der Waals surface area contributed by atoms with E-state index in [0.29, 0.717) is 6.04 Å². The minimum atomic E-state index is 0.485. The van der Waals surface area contributed by atoms with Crippen LogP contribution in [0.25, 0.3) is 0 Å². The highest BCUT2D eigenvalue weighted by Gasteiger charge is 2.32. The van der Waals surface area contributed by atoms with Crippen molar-refractivity contribution < 1.29 is 0 Å². The number of hydrogen-bond acceptors (Lipinski definition) is 3. The first-order chi connectivity index (χ1) is 8.83. The normalized spacial score (nSPS) is 39.5. The van der Waals surface area contributed by atoms with E-state index < -0.39 is 0 Å². The summed E-state index contributed by atoms with van der Waals surface area (Å²) >= 11 is 0. The Morgan fingerprint density at radius 3 is 2.44 bits per heavy atom. The van der Waals surface area contributed by atoms with E-state index in [0.717, 1.165) is 12.0 Å². The van der Waals surface area contributed by atoms with Crippen molar-refractivity contribution in [1.82, 2.24) is 9.80 Å². The fraction of sp³-hybridized carbons (Fsp3) is 1.00. The molecule has 0 aromatic heterocycles. The number of nitrogens with two attached hydrogens (primary N) is 1. The maximum atomic E-state index is 6.20. The second kappa shape index (κ2) is 5.89. The molecule has 3 unspecified atom stereocenters. The molecule has 0 aromatic carbocycles. The predicted molar refractivity (Wildman–Crippen MR) is 75.6 cm³/mol. The molecule has 2 saturated heterocycles. The van der Waals surface area contributed by atoms with Gasteiger partial charge in [-0.05, 0) is 57.7 Å². The van der Waals surface area contributed by atoms with Gasteiger partial charge in [0.1, 0.15) is 0 Å². The van der Waals surface area contributed by atoms with Crippen molar-refractivity contribution in [3.8, 4) is 0 Å². The molecule has 18 heavy (non-hydrogen) atoms. The van der Waals surface area contributed by atoms with Crippen LogP contribution in [-0.4, -0.2) is 54.6 Å². The second-order valence-corrected chi connectivity index (χ2v) is 6.65. The Balaban J connectivity index is 1.46. The Morgan fingerprint density at radius 2 is 1.72 bits per heavy atom. The number of rotatable bonds is 3. The van der Waals surface area contributed by atoms with Crippen molar-refractivity contribution in [2.75, 3.05) is 32.7 Å². The van der Waals surface area contributed by atoms with Crippen LogP contribution in [0.15, 0.2) is 0 Å². The number of hydrogen-bond donors (Lipinski definition) is 1. The maximum Gasteiger partial charge on any atom is 0.0235 e. The van der Waals surface area contributed by atoms with Gasteiger partial charge in [-0.2, -0.15) is 0 Å². The lowest BCUT2D eigenvalue weighted by Gasteiger charge is -2.32. The monoisotopic (exact) mass is 251 g/mol. The van der Waals surface area contributed by atoms with E-state index >= 15 is 0 Å². The summed E-state index contributed by atoms with van der Waals surface area (Å²) in [7, 11) is 0. The molecular weight excluding hydrogens is 222 g/mol. The Morgan fingerprint density at radius 1 is 0.889 bits per heavy atom. The molecule has 1 aliphatic carbocycles. The molecule has 3 rings (SSSR count). The quantitative estimate of drug-likeness (QED) is 0.828. The van der Waals surface area contributed by atoms with Gasteiger partial charge in [0, 0.05) is 25.2 Å².